The number of aliphatic carboxylic acids is 1. The first-order chi connectivity index (χ1) is 19.0. The number of carboxylic acids is 1. The average Bonchev–Trinajstić information content (AvgIpc) is 3.33. The highest BCUT2D eigenvalue weighted by Gasteiger charge is 2.21. The van der Waals surface area contributed by atoms with Crippen molar-refractivity contribution < 1.29 is 19.4 Å². The van der Waals surface area contributed by atoms with Crippen LogP contribution < -0.4 is 4.74 Å². The quantitative estimate of drug-likeness (QED) is 0.159. The van der Waals surface area contributed by atoms with Crippen molar-refractivity contribution in [3.63, 3.8) is 0 Å². The summed E-state index contributed by atoms with van der Waals surface area (Å²) < 4.78 is 5.96. The van der Waals surface area contributed by atoms with Gasteiger partial charge >= 0.3 is 5.97 Å². The molecule has 196 valence electrons. The zero-order valence-corrected chi connectivity index (χ0v) is 21.7. The Labute approximate surface area is 227 Å². The second-order valence-electron chi connectivity index (χ2n) is 9.56. The number of nitrogens with one attached hydrogen (secondary N) is 1. The smallest absolute Gasteiger partial charge is 0.326 e. The SMILES string of the molecule is CN(C=CC(=O)c1ccccc1)C(Cc1ccc(OCCc2ccc3c(c2)[nH]c2ccccc23)cc1)C(=O)O. The Kier molecular flexibility index (Phi) is 7.73. The number of fused-ring (bicyclic) bond motifs is 3. The first-order valence-electron chi connectivity index (χ1n) is 12.9. The molecule has 0 spiro atoms. The maximum absolute atomic E-state index is 12.3. The van der Waals surface area contributed by atoms with E-state index in [1.165, 1.54) is 28.6 Å². The van der Waals surface area contributed by atoms with Crippen molar-refractivity contribution in [1.29, 1.82) is 0 Å². The Morgan fingerprint density at radius 1 is 0.872 bits per heavy atom. The van der Waals surface area contributed by atoms with Crippen molar-refractivity contribution in [2.75, 3.05) is 13.7 Å². The van der Waals surface area contributed by atoms with Crippen molar-refractivity contribution in [1.82, 2.24) is 9.88 Å². The number of para-hydroxylation sites is 1. The van der Waals surface area contributed by atoms with Crippen LogP contribution in [0.3, 0.4) is 0 Å². The Morgan fingerprint density at radius 3 is 2.33 bits per heavy atom. The number of carbonyl (C=O) groups excluding carboxylic acids is 1. The van der Waals surface area contributed by atoms with Gasteiger partial charge in [-0.25, -0.2) is 4.79 Å². The molecule has 39 heavy (non-hydrogen) atoms. The van der Waals surface area contributed by atoms with Crippen LogP contribution >= 0.6 is 0 Å². The molecule has 0 amide bonds. The number of nitrogens with zero attached hydrogens (tertiary/aromatic N) is 1. The van der Waals surface area contributed by atoms with Gasteiger partial charge in [-0.05, 0) is 35.4 Å². The fourth-order valence-electron chi connectivity index (χ4n) is 4.68. The van der Waals surface area contributed by atoms with Crippen molar-refractivity contribution in [3.8, 4) is 5.75 Å². The van der Waals surface area contributed by atoms with Gasteiger partial charge in [0.25, 0.3) is 0 Å². The van der Waals surface area contributed by atoms with E-state index in [1.54, 1.807) is 36.2 Å². The Balaban J connectivity index is 1.15. The molecule has 4 aromatic carbocycles. The summed E-state index contributed by atoms with van der Waals surface area (Å²) in [6.07, 6.45) is 3.99. The number of hydrogen-bond acceptors (Lipinski definition) is 4. The zero-order valence-electron chi connectivity index (χ0n) is 21.7. The normalized spacial score (nSPS) is 12.1. The number of carboxylic acid groups (broad SMARTS) is 1. The fourth-order valence-corrected chi connectivity index (χ4v) is 4.68. The molecule has 0 aliphatic rings. The molecule has 5 aromatic rings. The third-order valence-electron chi connectivity index (χ3n) is 6.88. The molecule has 1 aromatic heterocycles. The highest BCUT2D eigenvalue weighted by molar-refractivity contribution is 6.07. The molecule has 6 nitrogen and oxygen atoms in total. The van der Waals surface area contributed by atoms with Gasteiger partial charge in [-0.15, -0.1) is 0 Å². The molecule has 0 aliphatic carbocycles. The lowest BCUT2D eigenvalue weighted by molar-refractivity contribution is -0.141. The highest BCUT2D eigenvalue weighted by atomic mass is 16.5. The fraction of sp³-hybridized carbons (Fsp3) is 0.152. The monoisotopic (exact) mass is 518 g/mol. The summed E-state index contributed by atoms with van der Waals surface area (Å²) in [4.78, 5) is 29.3. The number of benzene rings is 4. The van der Waals surface area contributed by atoms with E-state index in [4.69, 9.17) is 4.74 Å². The standard InChI is InChI=1S/C33H30N2O4/c1-35(19-17-32(36)25-7-3-2-4-8-25)31(33(37)38)22-23-11-14-26(15-12-23)39-20-18-24-13-16-28-27-9-5-6-10-29(27)34-30(28)21-24/h2-17,19,21,31,34H,18,20,22H2,1H3,(H,37,38). The van der Waals surface area contributed by atoms with E-state index in [9.17, 15) is 14.7 Å². The van der Waals surface area contributed by atoms with Gasteiger partial charge in [-0.2, -0.15) is 0 Å². The van der Waals surface area contributed by atoms with Gasteiger partial charge in [0.05, 0.1) is 6.61 Å². The van der Waals surface area contributed by atoms with E-state index >= 15 is 0 Å². The van der Waals surface area contributed by atoms with Gasteiger partial charge in [0.15, 0.2) is 5.78 Å². The van der Waals surface area contributed by atoms with Crippen LogP contribution in [0.4, 0.5) is 0 Å². The van der Waals surface area contributed by atoms with Crippen molar-refractivity contribution in [2.45, 2.75) is 18.9 Å². The minimum Gasteiger partial charge on any atom is -0.493 e. The van der Waals surface area contributed by atoms with Gasteiger partial charge in [0, 0.05) is 59.5 Å². The second kappa shape index (κ2) is 11.7. The lowest BCUT2D eigenvalue weighted by atomic mass is 10.0. The average molecular weight is 519 g/mol. The molecule has 6 heteroatoms. The molecular formula is C33H30N2O4. The van der Waals surface area contributed by atoms with Gasteiger partial charge in [-0.1, -0.05) is 72.8 Å². The number of carbonyl (C=O) groups is 2. The van der Waals surface area contributed by atoms with Crippen molar-refractivity contribution in [2.24, 2.45) is 0 Å². The minimum atomic E-state index is -0.957. The predicted molar refractivity (Wildman–Crippen MR) is 154 cm³/mol. The third-order valence-corrected chi connectivity index (χ3v) is 6.88. The zero-order chi connectivity index (χ0) is 27.2. The number of allylic oxidation sites excluding steroid dienone is 1. The number of aromatic nitrogens is 1. The molecule has 0 fully saturated rings. The third kappa shape index (κ3) is 6.18. The summed E-state index contributed by atoms with van der Waals surface area (Å²) in [5.74, 6) is -0.394. The van der Waals surface area contributed by atoms with Crippen molar-refractivity contribution in [3.05, 3.63) is 126 Å². The molecule has 5 rings (SSSR count). The molecule has 0 saturated carbocycles. The number of rotatable bonds is 11. The molecule has 0 aliphatic heterocycles. The van der Waals surface area contributed by atoms with Gasteiger partial charge < -0.3 is 19.7 Å². The van der Waals surface area contributed by atoms with E-state index in [0.29, 0.717) is 18.6 Å². The summed E-state index contributed by atoms with van der Waals surface area (Å²) >= 11 is 0. The van der Waals surface area contributed by atoms with E-state index in [1.807, 2.05) is 36.4 Å². The first kappa shape index (κ1) is 25.8. The van der Waals surface area contributed by atoms with Crippen LogP contribution in [0.25, 0.3) is 21.8 Å². The summed E-state index contributed by atoms with van der Waals surface area (Å²) in [5.41, 5.74) is 4.87. The van der Waals surface area contributed by atoms with Crippen LogP contribution in [0.2, 0.25) is 0 Å². The molecule has 0 radical (unpaired) electrons. The van der Waals surface area contributed by atoms with Crippen LogP contribution in [0, 0.1) is 0 Å². The van der Waals surface area contributed by atoms with E-state index in [-0.39, 0.29) is 5.78 Å². The van der Waals surface area contributed by atoms with Crippen LogP contribution in [0.5, 0.6) is 5.75 Å². The lowest BCUT2D eigenvalue weighted by Crippen LogP contribution is -2.37. The van der Waals surface area contributed by atoms with Crippen LogP contribution in [0.15, 0.2) is 109 Å². The molecule has 0 saturated heterocycles. The summed E-state index contributed by atoms with van der Waals surface area (Å²) in [5, 5.41) is 12.2. The van der Waals surface area contributed by atoms with Crippen LogP contribution in [0.1, 0.15) is 21.5 Å². The van der Waals surface area contributed by atoms with Crippen LogP contribution in [-0.2, 0) is 17.6 Å². The molecular weight excluding hydrogens is 488 g/mol. The Bertz CT molecular complexity index is 1620. The van der Waals surface area contributed by atoms with E-state index in [0.717, 1.165) is 28.8 Å². The number of H-pyrrole nitrogens is 1. The number of ether oxygens (including phenoxy) is 1. The lowest BCUT2D eigenvalue weighted by Gasteiger charge is -2.23. The van der Waals surface area contributed by atoms with E-state index < -0.39 is 12.0 Å². The topological polar surface area (TPSA) is 82.6 Å². The molecule has 2 N–H and O–H groups in total. The maximum Gasteiger partial charge on any atom is 0.326 e. The molecule has 1 heterocycles. The molecule has 1 atom stereocenters. The van der Waals surface area contributed by atoms with Gasteiger partial charge in [0.2, 0.25) is 0 Å². The van der Waals surface area contributed by atoms with Crippen molar-refractivity contribution >= 4 is 33.6 Å². The summed E-state index contributed by atoms with van der Waals surface area (Å²) in [6.45, 7) is 0.534. The summed E-state index contributed by atoms with van der Waals surface area (Å²) in [7, 11) is 1.66. The Hall–Kier alpha value is -4.84. The molecule has 1 unspecified atom stereocenters. The number of aromatic amines is 1. The Morgan fingerprint density at radius 2 is 1.56 bits per heavy atom. The van der Waals surface area contributed by atoms with Crippen LogP contribution in [-0.4, -0.2) is 46.4 Å². The molecule has 0 bridgehead atoms. The largest absolute Gasteiger partial charge is 0.493 e. The van der Waals surface area contributed by atoms with E-state index in [2.05, 4.69) is 41.4 Å². The number of ketones is 1. The number of hydrogen-bond donors (Lipinski definition) is 2. The number of likely N-dealkylation sites (N-methyl/N-ethyl adjacent to an activating group) is 1. The predicted octanol–water partition coefficient (Wildman–Crippen LogP) is 6.27. The van der Waals surface area contributed by atoms with Gasteiger partial charge in [0.1, 0.15) is 11.8 Å². The highest BCUT2D eigenvalue weighted by Crippen LogP contribution is 2.26. The van der Waals surface area contributed by atoms with Gasteiger partial charge in [-0.3, -0.25) is 4.79 Å². The minimum absolute atomic E-state index is 0.172. The maximum atomic E-state index is 12.3. The summed E-state index contributed by atoms with van der Waals surface area (Å²) in [6, 6.07) is 30.3. The second-order valence-corrected chi connectivity index (χ2v) is 9.56. The first-order valence-corrected chi connectivity index (χ1v) is 12.9.